The van der Waals surface area contributed by atoms with Crippen LogP contribution in [0.5, 0.6) is 0 Å². The van der Waals surface area contributed by atoms with Crippen LogP contribution < -0.4 is 4.72 Å². The van der Waals surface area contributed by atoms with Crippen LogP contribution in [0, 0.1) is 0 Å². The Morgan fingerprint density at radius 3 is 2.70 bits per heavy atom. The third-order valence-corrected chi connectivity index (χ3v) is 6.29. The van der Waals surface area contributed by atoms with Crippen LogP contribution in [0.1, 0.15) is 20.3 Å². The van der Waals surface area contributed by atoms with E-state index in [0.29, 0.717) is 22.7 Å². The second-order valence-electron chi connectivity index (χ2n) is 4.98. The van der Waals surface area contributed by atoms with Gasteiger partial charge in [0.15, 0.2) is 0 Å². The van der Waals surface area contributed by atoms with Crippen molar-refractivity contribution in [1.82, 2.24) is 9.71 Å². The fraction of sp³-hybridized carbons (Fsp3) is 0.357. The van der Waals surface area contributed by atoms with Gasteiger partial charge in [-0.25, -0.2) is 13.1 Å². The minimum atomic E-state index is -3.59. The molecule has 1 heterocycles. The topological polar surface area (TPSA) is 59.1 Å². The summed E-state index contributed by atoms with van der Waals surface area (Å²) in [7, 11) is -3.59. The monoisotopic (exact) mass is 356 g/mol. The van der Waals surface area contributed by atoms with Crippen LogP contribution in [0.4, 0.5) is 0 Å². The summed E-state index contributed by atoms with van der Waals surface area (Å²) in [6, 6.07) is 8.63. The number of alkyl halides is 1. The molecule has 0 amide bonds. The normalized spacial score (nSPS) is 15.2. The van der Waals surface area contributed by atoms with Crippen molar-refractivity contribution >= 4 is 36.9 Å². The second-order valence-corrected chi connectivity index (χ2v) is 7.19. The first-order chi connectivity index (χ1) is 9.42. The molecule has 0 aliphatic carbocycles. The van der Waals surface area contributed by atoms with Crippen LogP contribution >= 0.6 is 15.9 Å². The van der Waals surface area contributed by atoms with Gasteiger partial charge in [-0.1, -0.05) is 28.9 Å². The molecule has 20 heavy (non-hydrogen) atoms. The summed E-state index contributed by atoms with van der Waals surface area (Å²) in [5.74, 6) is 0. The molecule has 0 bridgehead atoms. The molecule has 0 spiro atoms. The van der Waals surface area contributed by atoms with Gasteiger partial charge in [-0.15, -0.1) is 0 Å². The molecule has 1 atom stereocenters. The standard InChI is InChI=1S/C14H17BrN2O2S/c1-3-14(2,10-15)17-20(18,19)13-8-4-7-12-11(13)6-5-9-16-12/h4-9,17H,3,10H2,1-2H3. The number of hydrogen-bond acceptors (Lipinski definition) is 3. The van der Waals surface area contributed by atoms with Gasteiger partial charge in [-0.05, 0) is 37.6 Å². The van der Waals surface area contributed by atoms with Gasteiger partial charge >= 0.3 is 0 Å². The van der Waals surface area contributed by atoms with E-state index in [0.717, 1.165) is 0 Å². The van der Waals surface area contributed by atoms with Gasteiger partial charge in [0, 0.05) is 22.5 Å². The zero-order valence-corrected chi connectivity index (χ0v) is 13.8. The van der Waals surface area contributed by atoms with E-state index in [1.54, 1.807) is 36.5 Å². The molecule has 0 aliphatic rings. The summed E-state index contributed by atoms with van der Waals surface area (Å²) < 4.78 is 28.0. The maximum atomic E-state index is 12.6. The van der Waals surface area contributed by atoms with Gasteiger partial charge in [-0.2, -0.15) is 0 Å². The second kappa shape index (κ2) is 5.79. The largest absolute Gasteiger partial charge is 0.256 e. The first-order valence-corrected chi connectivity index (χ1v) is 8.96. The number of nitrogens with zero attached hydrogens (tertiary/aromatic N) is 1. The predicted molar refractivity (Wildman–Crippen MR) is 84.6 cm³/mol. The Morgan fingerprint density at radius 1 is 1.30 bits per heavy atom. The van der Waals surface area contributed by atoms with E-state index in [1.807, 2.05) is 13.8 Å². The van der Waals surface area contributed by atoms with Crippen molar-refractivity contribution in [2.75, 3.05) is 5.33 Å². The van der Waals surface area contributed by atoms with E-state index in [4.69, 9.17) is 0 Å². The number of aromatic nitrogens is 1. The van der Waals surface area contributed by atoms with Crippen molar-refractivity contribution in [1.29, 1.82) is 0 Å². The summed E-state index contributed by atoms with van der Waals surface area (Å²) in [5.41, 5.74) is 0.163. The van der Waals surface area contributed by atoms with E-state index in [9.17, 15) is 8.42 Å². The summed E-state index contributed by atoms with van der Waals surface area (Å²) >= 11 is 3.37. The first-order valence-electron chi connectivity index (χ1n) is 6.35. The molecular weight excluding hydrogens is 340 g/mol. The number of pyridine rings is 1. The molecule has 1 aromatic carbocycles. The van der Waals surface area contributed by atoms with Gasteiger partial charge in [0.1, 0.15) is 0 Å². The highest BCUT2D eigenvalue weighted by atomic mass is 79.9. The third kappa shape index (κ3) is 3.02. The van der Waals surface area contributed by atoms with Crippen LogP contribution in [0.15, 0.2) is 41.4 Å². The number of fused-ring (bicyclic) bond motifs is 1. The fourth-order valence-electron chi connectivity index (χ4n) is 1.88. The fourth-order valence-corrected chi connectivity index (χ4v) is 4.30. The Morgan fingerprint density at radius 2 is 2.05 bits per heavy atom. The number of sulfonamides is 1. The average Bonchev–Trinajstić information content (AvgIpc) is 2.46. The molecule has 0 radical (unpaired) electrons. The number of halogens is 1. The van der Waals surface area contributed by atoms with Crippen LogP contribution in [-0.2, 0) is 10.0 Å². The molecule has 2 rings (SSSR count). The number of nitrogens with one attached hydrogen (secondary N) is 1. The van der Waals surface area contributed by atoms with E-state index in [2.05, 4.69) is 25.6 Å². The molecule has 0 saturated heterocycles. The smallest absolute Gasteiger partial charge is 0.241 e. The summed E-state index contributed by atoms with van der Waals surface area (Å²) in [5, 5.41) is 1.19. The Balaban J connectivity index is 2.53. The number of hydrogen-bond donors (Lipinski definition) is 1. The molecule has 6 heteroatoms. The molecule has 1 unspecified atom stereocenters. The van der Waals surface area contributed by atoms with Crippen LogP contribution in [0.2, 0.25) is 0 Å². The zero-order valence-electron chi connectivity index (χ0n) is 11.4. The lowest BCUT2D eigenvalue weighted by Gasteiger charge is -2.27. The van der Waals surface area contributed by atoms with Gasteiger partial charge in [0.05, 0.1) is 10.4 Å². The molecule has 108 valence electrons. The van der Waals surface area contributed by atoms with E-state index < -0.39 is 15.6 Å². The SMILES string of the molecule is CCC(C)(CBr)NS(=O)(=O)c1cccc2ncccc12. The van der Waals surface area contributed by atoms with Crippen molar-refractivity contribution in [3.8, 4) is 0 Å². The highest BCUT2D eigenvalue weighted by molar-refractivity contribution is 9.09. The van der Waals surface area contributed by atoms with Crippen molar-refractivity contribution in [2.24, 2.45) is 0 Å². The quantitative estimate of drug-likeness (QED) is 0.837. The van der Waals surface area contributed by atoms with Crippen molar-refractivity contribution in [3.63, 3.8) is 0 Å². The van der Waals surface area contributed by atoms with Crippen molar-refractivity contribution in [2.45, 2.75) is 30.7 Å². The molecule has 0 fully saturated rings. The van der Waals surface area contributed by atoms with Gasteiger partial charge in [0.25, 0.3) is 0 Å². The zero-order chi connectivity index (χ0) is 14.8. The molecule has 4 nitrogen and oxygen atoms in total. The molecule has 0 aliphatic heterocycles. The van der Waals surface area contributed by atoms with E-state index in [-0.39, 0.29) is 4.90 Å². The molecular formula is C14H17BrN2O2S. The lowest BCUT2D eigenvalue weighted by atomic mass is 10.0. The van der Waals surface area contributed by atoms with Crippen LogP contribution in [0.25, 0.3) is 10.9 Å². The maximum Gasteiger partial charge on any atom is 0.241 e. The lowest BCUT2D eigenvalue weighted by molar-refractivity contribution is 0.450. The maximum absolute atomic E-state index is 12.6. The Hall–Kier alpha value is -0.980. The first kappa shape index (κ1) is 15.4. The minimum absolute atomic E-state index is 0.267. The molecule has 1 N–H and O–H groups in total. The lowest BCUT2D eigenvalue weighted by Crippen LogP contribution is -2.46. The van der Waals surface area contributed by atoms with E-state index >= 15 is 0 Å². The Labute approximate surface area is 127 Å². The molecule has 1 aromatic heterocycles. The van der Waals surface area contributed by atoms with Crippen molar-refractivity contribution in [3.05, 3.63) is 36.5 Å². The Kier molecular flexibility index (Phi) is 4.46. The summed E-state index contributed by atoms with van der Waals surface area (Å²) in [4.78, 5) is 4.46. The molecule has 0 saturated carbocycles. The van der Waals surface area contributed by atoms with Crippen LogP contribution in [0.3, 0.4) is 0 Å². The summed E-state index contributed by atoms with van der Waals surface area (Å²) in [6.07, 6.45) is 2.35. The van der Waals surface area contributed by atoms with Gasteiger partial charge < -0.3 is 0 Å². The molecule has 2 aromatic rings. The highest BCUT2D eigenvalue weighted by Crippen LogP contribution is 2.24. The minimum Gasteiger partial charge on any atom is -0.256 e. The third-order valence-electron chi connectivity index (χ3n) is 3.35. The Bertz CT molecular complexity index is 707. The average molecular weight is 357 g/mol. The van der Waals surface area contributed by atoms with Crippen LogP contribution in [-0.4, -0.2) is 24.3 Å². The summed E-state index contributed by atoms with van der Waals surface area (Å²) in [6.45, 7) is 3.83. The number of benzene rings is 1. The predicted octanol–water partition coefficient (Wildman–Crippen LogP) is 3.08. The van der Waals surface area contributed by atoms with Crippen molar-refractivity contribution < 1.29 is 8.42 Å². The van der Waals surface area contributed by atoms with Gasteiger partial charge in [-0.3, -0.25) is 4.98 Å². The van der Waals surface area contributed by atoms with E-state index in [1.165, 1.54) is 0 Å². The highest BCUT2D eigenvalue weighted by Gasteiger charge is 2.29. The van der Waals surface area contributed by atoms with Gasteiger partial charge in [0.2, 0.25) is 10.0 Å². The number of rotatable bonds is 5.